The third kappa shape index (κ3) is 4.00. The summed E-state index contributed by atoms with van der Waals surface area (Å²) in [5, 5.41) is 0. The standard InChI is InChI=1S/C27H28N2O5/c1-16-5-3-6-19(11-16)28-15-18(13-24(28)30)27(33)34-21-8-4-7-20(14-21)29-25(31)22-10-9-17(2)12-23(22)26(29)32/h3-8,11,14,17-18,22-23H,9-10,12-13,15H2,1-2H3/t17-,18-,22-,23-/m1/s1. The maximum Gasteiger partial charge on any atom is 0.316 e. The Labute approximate surface area is 198 Å². The van der Waals surface area contributed by atoms with Crippen LogP contribution in [0.4, 0.5) is 11.4 Å². The summed E-state index contributed by atoms with van der Waals surface area (Å²) in [6.07, 6.45) is 2.49. The molecule has 5 rings (SSSR count). The Morgan fingerprint density at radius 3 is 2.47 bits per heavy atom. The van der Waals surface area contributed by atoms with Crippen LogP contribution in [0.2, 0.25) is 0 Å². The average Bonchev–Trinajstić information content (AvgIpc) is 3.31. The van der Waals surface area contributed by atoms with Crippen LogP contribution in [-0.4, -0.2) is 30.2 Å². The zero-order chi connectivity index (χ0) is 24.0. The number of carbonyl (C=O) groups is 4. The van der Waals surface area contributed by atoms with Crippen molar-refractivity contribution in [2.45, 2.75) is 39.5 Å². The monoisotopic (exact) mass is 460 g/mol. The minimum Gasteiger partial charge on any atom is -0.426 e. The third-order valence-electron chi connectivity index (χ3n) is 7.25. The number of fused-ring (bicyclic) bond motifs is 1. The molecule has 1 saturated carbocycles. The molecule has 3 aliphatic rings. The van der Waals surface area contributed by atoms with E-state index < -0.39 is 11.9 Å². The number of nitrogens with zero attached hydrogens (tertiary/aromatic N) is 2. The SMILES string of the molecule is Cc1cccc(N2C[C@H](C(=O)Oc3cccc(N4C(=O)[C@@H]5CC[C@@H](C)C[C@H]5C4=O)c3)CC2=O)c1. The predicted octanol–water partition coefficient (Wildman–Crippen LogP) is 3.88. The Balaban J connectivity index is 1.29. The van der Waals surface area contributed by atoms with Crippen LogP contribution in [0.1, 0.15) is 38.2 Å². The van der Waals surface area contributed by atoms with Crippen molar-refractivity contribution in [3.05, 3.63) is 54.1 Å². The second kappa shape index (κ2) is 8.70. The number of hydrogen-bond acceptors (Lipinski definition) is 5. The molecule has 2 saturated heterocycles. The lowest BCUT2D eigenvalue weighted by atomic mass is 9.76. The van der Waals surface area contributed by atoms with Gasteiger partial charge < -0.3 is 9.64 Å². The van der Waals surface area contributed by atoms with Crippen LogP contribution in [0, 0.1) is 30.6 Å². The zero-order valence-electron chi connectivity index (χ0n) is 19.4. The number of amides is 3. The van der Waals surface area contributed by atoms with E-state index in [1.807, 2.05) is 31.2 Å². The molecule has 176 valence electrons. The van der Waals surface area contributed by atoms with Gasteiger partial charge in [-0.2, -0.15) is 0 Å². The molecule has 3 fully saturated rings. The summed E-state index contributed by atoms with van der Waals surface area (Å²) in [6, 6.07) is 14.1. The Kier molecular flexibility index (Phi) is 5.71. The molecule has 0 N–H and O–H groups in total. The lowest BCUT2D eigenvalue weighted by Crippen LogP contribution is -2.31. The zero-order valence-corrected chi connectivity index (χ0v) is 19.4. The van der Waals surface area contributed by atoms with Gasteiger partial charge in [0.25, 0.3) is 0 Å². The van der Waals surface area contributed by atoms with Gasteiger partial charge in [-0.15, -0.1) is 0 Å². The quantitative estimate of drug-likeness (QED) is 0.393. The minimum atomic E-state index is -0.587. The molecule has 7 heteroatoms. The molecule has 2 aromatic carbocycles. The highest BCUT2D eigenvalue weighted by Crippen LogP contribution is 2.42. The molecule has 1 aliphatic carbocycles. The van der Waals surface area contributed by atoms with E-state index in [0.717, 1.165) is 30.5 Å². The fraction of sp³-hybridized carbons (Fsp3) is 0.407. The summed E-state index contributed by atoms with van der Waals surface area (Å²) < 4.78 is 5.59. The average molecular weight is 461 g/mol. The van der Waals surface area contributed by atoms with Crippen LogP contribution in [0.3, 0.4) is 0 Å². The van der Waals surface area contributed by atoms with Crippen molar-refractivity contribution in [1.82, 2.24) is 0 Å². The maximum absolute atomic E-state index is 13.0. The van der Waals surface area contributed by atoms with Crippen molar-refractivity contribution in [1.29, 1.82) is 0 Å². The van der Waals surface area contributed by atoms with E-state index in [1.54, 1.807) is 29.2 Å². The first-order valence-electron chi connectivity index (χ1n) is 11.9. The molecule has 7 nitrogen and oxygen atoms in total. The topological polar surface area (TPSA) is 84.0 Å². The molecule has 3 amide bonds. The summed E-state index contributed by atoms with van der Waals surface area (Å²) in [5.74, 6) is -1.37. The third-order valence-corrected chi connectivity index (χ3v) is 7.25. The fourth-order valence-electron chi connectivity index (χ4n) is 5.44. The van der Waals surface area contributed by atoms with Crippen molar-refractivity contribution < 1.29 is 23.9 Å². The maximum atomic E-state index is 13.0. The molecule has 2 aliphatic heterocycles. The number of anilines is 2. The van der Waals surface area contributed by atoms with Crippen molar-refractivity contribution in [2.75, 3.05) is 16.3 Å². The van der Waals surface area contributed by atoms with Gasteiger partial charge in [0.2, 0.25) is 17.7 Å². The van der Waals surface area contributed by atoms with E-state index in [1.165, 1.54) is 4.90 Å². The van der Waals surface area contributed by atoms with Gasteiger partial charge >= 0.3 is 5.97 Å². The van der Waals surface area contributed by atoms with Gasteiger partial charge in [-0.3, -0.25) is 19.2 Å². The molecule has 4 atom stereocenters. The largest absolute Gasteiger partial charge is 0.426 e. The van der Waals surface area contributed by atoms with Crippen LogP contribution in [0.25, 0.3) is 0 Å². The molecule has 2 aromatic rings. The van der Waals surface area contributed by atoms with Crippen LogP contribution in [0.5, 0.6) is 5.75 Å². The van der Waals surface area contributed by atoms with E-state index in [9.17, 15) is 19.2 Å². The lowest BCUT2D eigenvalue weighted by Gasteiger charge is -2.25. The second-order valence-electron chi connectivity index (χ2n) is 9.81. The molecule has 0 bridgehead atoms. The highest BCUT2D eigenvalue weighted by atomic mass is 16.5. The molecule has 0 spiro atoms. The van der Waals surface area contributed by atoms with Crippen LogP contribution >= 0.6 is 0 Å². The highest BCUT2D eigenvalue weighted by molar-refractivity contribution is 6.22. The first-order valence-corrected chi connectivity index (χ1v) is 11.9. The number of hydrogen-bond donors (Lipinski definition) is 0. The fourth-order valence-corrected chi connectivity index (χ4v) is 5.44. The van der Waals surface area contributed by atoms with E-state index in [4.69, 9.17) is 4.74 Å². The second-order valence-corrected chi connectivity index (χ2v) is 9.81. The van der Waals surface area contributed by atoms with Gasteiger partial charge in [0, 0.05) is 24.7 Å². The Morgan fingerprint density at radius 2 is 1.68 bits per heavy atom. The van der Waals surface area contributed by atoms with Gasteiger partial charge in [-0.25, -0.2) is 4.90 Å². The van der Waals surface area contributed by atoms with Gasteiger partial charge in [-0.1, -0.05) is 25.1 Å². The predicted molar refractivity (Wildman–Crippen MR) is 126 cm³/mol. The number of ether oxygens (including phenoxy) is 1. The Morgan fingerprint density at radius 1 is 0.941 bits per heavy atom. The molecule has 0 unspecified atom stereocenters. The van der Waals surface area contributed by atoms with E-state index in [-0.39, 0.29) is 48.3 Å². The number of imide groups is 1. The van der Waals surface area contributed by atoms with Crippen molar-refractivity contribution in [3.8, 4) is 5.75 Å². The van der Waals surface area contributed by atoms with E-state index >= 15 is 0 Å². The summed E-state index contributed by atoms with van der Waals surface area (Å²) in [7, 11) is 0. The minimum absolute atomic E-state index is 0.0805. The number of aryl methyl sites for hydroxylation is 1. The number of benzene rings is 2. The van der Waals surface area contributed by atoms with Gasteiger partial charge in [-0.05, 0) is 61.9 Å². The van der Waals surface area contributed by atoms with Crippen LogP contribution in [-0.2, 0) is 19.2 Å². The number of rotatable bonds is 4. The number of carbonyl (C=O) groups excluding carboxylic acids is 4. The highest BCUT2D eigenvalue weighted by Gasteiger charge is 2.50. The van der Waals surface area contributed by atoms with Gasteiger partial charge in [0.1, 0.15) is 5.75 Å². The van der Waals surface area contributed by atoms with Crippen molar-refractivity contribution in [3.63, 3.8) is 0 Å². The molecule has 2 heterocycles. The molecule has 34 heavy (non-hydrogen) atoms. The Hall–Kier alpha value is -3.48. The molecule has 0 aromatic heterocycles. The first-order chi connectivity index (χ1) is 16.3. The van der Waals surface area contributed by atoms with Crippen molar-refractivity contribution in [2.24, 2.45) is 23.7 Å². The van der Waals surface area contributed by atoms with E-state index in [0.29, 0.717) is 11.6 Å². The van der Waals surface area contributed by atoms with Crippen LogP contribution < -0.4 is 14.5 Å². The summed E-state index contributed by atoms with van der Waals surface area (Å²) in [5.41, 5.74) is 2.23. The van der Waals surface area contributed by atoms with Crippen LogP contribution in [0.15, 0.2) is 48.5 Å². The van der Waals surface area contributed by atoms with Crippen molar-refractivity contribution >= 4 is 35.1 Å². The Bertz CT molecular complexity index is 1180. The smallest absolute Gasteiger partial charge is 0.316 e. The molecular formula is C27H28N2O5. The molecule has 0 radical (unpaired) electrons. The van der Waals surface area contributed by atoms with Gasteiger partial charge in [0.15, 0.2) is 0 Å². The summed E-state index contributed by atoms with van der Waals surface area (Å²) >= 11 is 0. The summed E-state index contributed by atoms with van der Waals surface area (Å²) in [4.78, 5) is 54.3. The summed E-state index contributed by atoms with van der Waals surface area (Å²) in [6.45, 7) is 4.32. The lowest BCUT2D eigenvalue weighted by molar-refractivity contribution is -0.139. The molecular weight excluding hydrogens is 432 g/mol. The van der Waals surface area contributed by atoms with Gasteiger partial charge in [0.05, 0.1) is 23.4 Å². The normalized spacial score (nSPS) is 26.7. The van der Waals surface area contributed by atoms with E-state index in [2.05, 4.69) is 6.92 Å². The first kappa shape index (κ1) is 22.3. The number of esters is 1.